The maximum absolute atomic E-state index is 14.2. The topological polar surface area (TPSA) is 29.5 Å². The lowest BCUT2D eigenvalue weighted by Crippen LogP contribution is -2.75. The highest BCUT2D eigenvalue weighted by Crippen LogP contribution is 2.63. The van der Waals surface area contributed by atoms with Crippen molar-refractivity contribution in [1.82, 2.24) is 0 Å². The molecule has 0 atom stereocenters. The van der Waals surface area contributed by atoms with E-state index in [1.165, 1.54) is 41.5 Å². The van der Waals surface area contributed by atoms with Crippen molar-refractivity contribution in [3.8, 4) is 11.5 Å². The number of hydrogen-bond donors (Lipinski definition) is 1. The third-order valence-electron chi connectivity index (χ3n) is 5.58. The normalized spacial score (nSPS) is 15.5. The summed E-state index contributed by atoms with van der Waals surface area (Å²) < 4.78 is 206. The maximum Gasteiger partial charge on any atom is 0.438 e. The number of hydrogen-bond acceptors (Lipinski definition) is 2. The summed E-state index contributed by atoms with van der Waals surface area (Å²) in [5, 5.41) is 10.5. The quantitative estimate of drug-likeness (QED) is 0.316. The summed E-state index contributed by atoms with van der Waals surface area (Å²) in [6.07, 6.45) is -16.0. The van der Waals surface area contributed by atoms with Crippen molar-refractivity contribution in [2.45, 2.75) is 94.1 Å². The Balaban J connectivity index is 3.64. The Morgan fingerprint density at radius 3 is 1.18 bits per heavy atom. The second-order valence-electron chi connectivity index (χ2n) is 10.7. The van der Waals surface area contributed by atoms with Crippen molar-refractivity contribution in [3.05, 3.63) is 23.3 Å². The Kier molecular flexibility index (Phi) is 8.40. The van der Waals surface area contributed by atoms with Crippen LogP contribution in [0.3, 0.4) is 0 Å². The zero-order valence-corrected chi connectivity index (χ0v) is 20.9. The monoisotopic (exact) mass is 604 g/mol. The Morgan fingerprint density at radius 2 is 0.897 bits per heavy atom. The number of benzene rings is 1. The van der Waals surface area contributed by atoms with E-state index in [2.05, 4.69) is 4.74 Å². The summed E-state index contributed by atoms with van der Waals surface area (Å²) in [5.74, 6) is -32.3. The van der Waals surface area contributed by atoms with Gasteiger partial charge in [-0.2, -0.15) is 61.5 Å². The van der Waals surface area contributed by atoms with Crippen molar-refractivity contribution in [2.75, 3.05) is 6.61 Å². The first-order valence-electron chi connectivity index (χ1n) is 10.6. The van der Waals surface area contributed by atoms with Gasteiger partial charge in [0.1, 0.15) is 11.5 Å². The summed E-state index contributed by atoms with van der Waals surface area (Å²) >= 11 is 0. The van der Waals surface area contributed by atoms with Gasteiger partial charge in [0.2, 0.25) is 0 Å². The third-order valence-corrected chi connectivity index (χ3v) is 5.58. The van der Waals surface area contributed by atoms with Gasteiger partial charge < -0.3 is 9.84 Å². The third kappa shape index (κ3) is 5.55. The molecule has 0 saturated heterocycles. The molecule has 0 spiro atoms. The number of aromatic hydroxyl groups is 1. The zero-order valence-electron chi connectivity index (χ0n) is 20.9. The van der Waals surface area contributed by atoms with Crippen LogP contribution in [-0.4, -0.2) is 53.4 Å². The number of halogens is 15. The summed E-state index contributed by atoms with van der Waals surface area (Å²) in [5.41, 5.74) is -10.5. The van der Waals surface area contributed by atoms with E-state index in [1.54, 1.807) is 0 Å². The van der Waals surface area contributed by atoms with Gasteiger partial charge in [-0.05, 0) is 23.0 Å². The molecule has 1 N–H and O–H groups in total. The molecule has 0 aromatic heterocycles. The van der Waals surface area contributed by atoms with Crippen molar-refractivity contribution < 1.29 is 75.7 Å². The average Bonchev–Trinajstić information content (AvgIpc) is 2.68. The molecular formula is C22H23F15O2. The molecule has 0 aliphatic heterocycles. The minimum Gasteiger partial charge on any atom is -0.507 e. The maximum atomic E-state index is 14.2. The molecule has 0 heterocycles. The highest BCUT2D eigenvalue weighted by atomic mass is 19.4. The van der Waals surface area contributed by atoms with E-state index >= 15 is 0 Å². The van der Waals surface area contributed by atoms with Crippen LogP contribution in [0.5, 0.6) is 11.5 Å². The number of phenolic OH excluding ortho intramolecular Hbond substituents is 1. The van der Waals surface area contributed by atoms with Crippen LogP contribution in [-0.2, 0) is 10.8 Å². The lowest BCUT2D eigenvalue weighted by molar-refractivity contribution is -0.457. The summed E-state index contributed by atoms with van der Waals surface area (Å²) in [6.45, 7) is 5.90. The van der Waals surface area contributed by atoms with Crippen LogP contribution in [0.4, 0.5) is 65.9 Å². The van der Waals surface area contributed by atoms with Crippen LogP contribution in [0, 0.1) is 0 Å². The van der Waals surface area contributed by atoms with Gasteiger partial charge in [0.25, 0.3) is 0 Å². The number of rotatable bonds is 7. The van der Waals surface area contributed by atoms with Crippen LogP contribution in [0.1, 0.15) is 52.7 Å². The molecular weight excluding hydrogens is 581 g/mol. The average molecular weight is 604 g/mol. The second kappa shape index (κ2) is 9.42. The molecule has 0 amide bonds. The van der Waals surface area contributed by atoms with E-state index < -0.39 is 70.6 Å². The molecule has 1 aromatic carbocycles. The van der Waals surface area contributed by atoms with Gasteiger partial charge in [0.15, 0.2) is 6.61 Å². The van der Waals surface area contributed by atoms with E-state index in [0.29, 0.717) is 0 Å². The highest BCUT2D eigenvalue weighted by molar-refractivity contribution is 5.52. The Labute approximate surface area is 212 Å². The Hall–Kier alpha value is -2.23. The first-order valence-corrected chi connectivity index (χ1v) is 10.6. The largest absolute Gasteiger partial charge is 0.507 e. The van der Waals surface area contributed by atoms with Crippen molar-refractivity contribution in [3.63, 3.8) is 0 Å². The molecule has 0 aliphatic rings. The highest BCUT2D eigenvalue weighted by Gasteiger charge is 2.95. The Bertz CT molecular complexity index is 992. The van der Waals surface area contributed by atoms with Crippen LogP contribution >= 0.6 is 0 Å². The zero-order chi connectivity index (χ0) is 31.6. The molecule has 0 radical (unpaired) electrons. The van der Waals surface area contributed by atoms with Crippen molar-refractivity contribution in [1.29, 1.82) is 0 Å². The van der Waals surface area contributed by atoms with Gasteiger partial charge in [0.05, 0.1) is 0 Å². The fourth-order valence-electron chi connectivity index (χ4n) is 3.26. The van der Waals surface area contributed by atoms with Crippen LogP contribution < -0.4 is 4.74 Å². The smallest absolute Gasteiger partial charge is 0.438 e. The number of alkyl halides is 15. The first-order chi connectivity index (χ1) is 16.7. The SMILES string of the molecule is CC(C)(C)c1cc(OCC(F)(F)C(F)(F)C(F)(F)C(F)(F)C(F)(C(F)(F)F)C(F)(F)F)cc(C(C)(C)C)c1O. The molecule has 0 aliphatic carbocycles. The molecule has 2 nitrogen and oxygen atoms in total. The molecule has 0 fully saturated rings. The molecule has 228 valence electrons. The van der Waals surface area contributed by atoms with Gasteiger partial charge >= 0.3 is 41.7 Å². The van der Waals surface area contributed by atoms with Crippen molar-refractivity contribution >= 4 is 0 Å². The van der Waals surface area contributed by atoms with E-state index in [4.69, 9.17) is 0 Å². The molecule has 0 bridgehead atoms. The lowest BCUT2D eigenvalue weighted by Gasteiger charge is -2.43. The molecule has 0 unspecified atom stereocenters. The van der Waals surface area contributed by atoms with Crippen LogP contribution in [0.15, 0.2) is 12.1 Å². The molecule has 1 rings (SSSR count). The predicted octanol–water partition coefficient (Wildman–Crippen LogP) is 8.74. The second-order valence-corrected chi connectivity index (χ2v) is 10.7. The fraction of sp³-hybridized carbons (Fsp3) is 0.727. The van der Waals surface area contributed by atoms with E-state index in [-0.39, 0.29) is 11.1 Å². The fourth-order valence-corrected chi connectivity index (χ4v) is 3.26. The minimum absolute atomic E-state index is 0.0607. The van der Waals surface area contributed by atoms with Crippen LogP contribution in [0.25, 0.3) is 0 Å². The van der Waals surface area contributed by atoms with Gasteiger partial charge in [-0.25, -0.2) is 4.39 Å². The standard InChI is InChI=1S/C22H23F15O2/c1-14(2,3)11-7-10(8-12(13(11)38)15(4,5)6)39-9-16(23,24)18(26,27)20(30,31)19(28,29)17(25,21(32,33)34)22(35,36)37/h7-8,38H,9H2,1-6H3. The first kappa shape index (κ1) is 34.8. The van der Waals surface area contributed by atoms with E-state index in [1.807, 2.05) is 0 Å². The van der Waals surface area contributed by atoms with Gasteiger partial charge in [-0.15, -0.1) is 0 Å². The summed E-state index contributed by atoms with van der Waals surface area (Å²) in [6, 6.07) is 1.57. The molecule has 0 saturated carbocycles. The molecule has 17 heteroatoms. The minimum atomic E-state index is -8.49. The number of ether oxygens (including phenoxy) is 1. The van der Waals surface area contributed by atoms with E-state index in [9.17, 15) is 71.0 Å². The summed E-state index contributed by atoms with van der Waals surface area (Å²) in [4.78, 5) is 0. The van der Waals surface area contributed by atoms with Gasteiger partial charge in [0, 0.05) is 11.1 Å². The van der Waals surface area contributed by atoms with Gasteiger partial charge in [-0.1, -0.05) is 41.5 Å². The van der Waals surface area contributed by atoms with Crippen molar-refractivity contribution in [2.24, 2.45) is 0 Å². The summed E-state index contributed by atoms with van der Waals surface area (Å²) in [7, 11) is 0. The predicted molar refractivity (Wildman–Crippen MR) is 107 cm³/mol. The van der Waals surface area contributed by atoms with Gasteiger partial charge in [-0.3, -0.25) is 0 Å². The molecule has 39 heavy (non-hydrogen) atoms. The Morgan fingerprint density at radius 1 is 0.564 bits per heavy atom. The van der Waals surface area contributed by atoms with Crippen LogP contribution in [0.2, 0.25) is 0 Å². The van der Waals surface area contributed by atoms with E-state index in [0.717, 1.165) is 12.1 Å². The number of phenols is 1. The lowest BCUT2D eigenvalue weighted by atomic mass is 9.79. The molecule has 1 aromatic rings.